The van der Waals surface area contributed by atoms with Crippen molar-refractivity contribution >= 4 is 17.7 Å². The predicted molar refractivity (Wildman–Crippen MR) is 121 cm³/mol. The molecular formula is C24H25F3N4O3. The van der Waals surface area contributed by atoms with E-state index in [1.165, 1.54) is 23.1 Å². The third-order valence-corrected chi connectivity index (χ3v) is 5.18. The van der Waals surface area contributed by atoms with Gasteiger partial charge in [0.1, 0.15) is 5.82 Å². The molecule has 0 saturated carbocycles. The van der Waals surface area contributed by atoms with E-state index < -0.39 is 24.6 Å². The molecule has 10 heteroatoms. The number of carbonyl (C=O) groups is 2. The summed E-state index contributed by atoms with van der Waals surface area (Å²) in [7, 11) is 0. The van der Waals surface area contributed by atoms with Crippen LogP contribution in [0.15, 0.2) is 54.9 Å². The van der Waals surface area contributed by atoms with E-state index in [-0.39, 0.29) is 24.1 Å². The zero-order valence-corrected chi connectivity index (χ0v) is 19.0. The third kappa shape index (κ3) is 5.81. The summed E-state index contributed by atoms with van der Waals surface area (Å²) < 4.78 is 41.7. The van der Waals surface area contributed by atoms with Crippen LogP contribution in [0.5, 0.6) is 0 Å². The monoisotopic (exact) mass is 474 g/mol. The minimum atomic E-state index is -5.15. The first kappa shape index (κ1) is 24.9. The van der Waals surface area contributed by atoms with E-state index in [2.05, 4.69) is 10.1 Å². The highest BCUT2D eigenvalue weighted by molar-refractivity contribution is 5.97. The van der Waals surface area contributed by atoms with Gasteiger partial charge in [0.05, 0.1) is 11.4 Å². The van der Waals surface area contributed by atoms with Crippen molar-refractivity contribution in [1.82, 2.24) is 14.8 Å². The number of amides is 1. The van der Waals surface area contributed by atoms with Crippen molar-refractivity contribution < 1.29 is 27.9 Å². The van der Waals surface area contributed by atoms with Crippen LogP contribution in [-0.4, -0.2) is 44.5 Å². The van der Waals surface area contributed by atoms with Gasteiger partial charge in [0.15, 0.2) is 0 Å². The Labute approximate surface area is 194 Å². The van der Waals surface area contributed by atoms with Crippen molar-refractivity contribution in [3.8, 4) is 16.9 Å². The summed E-state index contributed by atoms with van der Waals surface area (Å²) in [6, 6.07) is 11.8. The second kappa shape index (κ2) is 9.66. The molecule has 0 saturated heterocycles. The third-order valence-electron chi connectivity index (χ3n) is 5.18. The number of rotatable bonds is 7. The Kier molecular flexibility index (Phi) is 7.09. The Morgan fingerprint density at radius 3 is 2.18 bits per heavy atom. The Morgan fingerprint density at radius 1 is 1.03 bits per heavy atom. The molecule has 2 heterocycles. The maximum Gasteiger partial charge on any atom is 0.471 e. The minimum Gasteiger partial charge on any atom is -0.481 e. The quantitative estimate of drug-likeness (QED) is 0.521. The van der Waals surface area contributed by atoms with Gasteiger partial charge in [-0.05, 0) is 41.7 Å². The molecule has 0 aliphatic rings. The number of hydrogen-bond acceptors (Lipinski definition) is 4. The first-order valence-corrected chi connectivity index (χ1v) is 10.6. The lowest BCUT2D eigenvalue weighted by Crippen LogP contribution is -2.43. The number of carbonyl (C=O) groups excluding carboxylic acids is 1. The molecule has 1 amide bonds. The standard InChI is InChI=1S/C24H25F3N4O3/c1-23(2,3)17-6-8-18(9-7-17)31-20(15-19(29-31)16-10-12-28-13-11-16)30(14-4-5-21(32)33)22(34)24(25,26)27/h6-13,15H,4-5,14H2,1-3H3,(H,32,33). The summed E-state index contributed by atoms with van der Waals surface area (Å²) >= 11 is 0. The van der Waals surface area contributed by atoms with Crippen molar-refractivity contribution in [3.05, 3.63) is 60.4 Å². The molecule has 180 valence electrons. The molecule has 0 aliphatic carbocycles. The van der Waals surface area contributed by atoms with E-state index in [1.807, 2.05) is 32.9 Å². The van der Waals surface area contributed by atoms with Gasteiger partial charge in [-0.2, -0.15) is 18.3 Å². The van der Waals surface area contributed by atoms with Gasteiger partial charge < -0.3 is 5.11 Å². The number of aromatic nitrogens is 3. The summed E-state index contributed by atoms with van der Waals surface area (Å²) in [6.45, 7) is 5.67. The number of benzene rings is 1. The summed E-state index contributed by atoms with van der Waals surface area (Å²) in [5.74, 6) is -3.36. The van der Waals surface area contributed by atoms with Crippen LogP contribution < -0.4 is 4.90 Å². The molecule has 1 N–H and O–H groups in total. The Bertz CT molecular complexity index is 1150. The highest BCUT2D eigenvalue weighted by Gasteiger charge is 2.44. The van der Waals surface area contributed by atoms with E-state index in [1.54, 1.807) is 24.3 Å². The van der Waals surface area contributed by atoms with Crippen molar-refractivity contribution in [2.45, 2.75) is 45.2 Å². The van der Waals surface area contributed by atoms with Crippen LogP contribution in [0.1, 0.15) is 39.2 Å². The molecule has 34 heavy (non-hydrogen) atoms. The van der Waals surface area contributed by atoms with Crippen LogP contribution in [-0.2, 0) is 15.0 Å². The highest BCUT2D eigenvalue weighted by atomic mass is 19.4. The zero-order chi connectivity index (χ0) is 25.1. The average Bonchev–Trinajstić information content (AvgIpc) is 3.21. The van der Waals surface area contributed by atoms with E-state index in [0.29, 0.717) is 21.8 Å². The van der Waals surface area contributed by atoms with E-state index in [0.717, 1.165) is 5.56 Å². The number of pyridine rings is 1. The molecule has 1 aromatic carbocycles. The van der Waals surface area contributed by atoms with Gasteiger partial charge in [-0.3, -0.25) is 19.5 Å². The zero-order valence-electron chi connectivity index (χ0n) is 19.0. The van der Waals surface area contributed by atoms with Gasteiger partial charge in [0.2, 0.25) is 0 Å². The molecule has 2 aromatic heterocycles. The lowest BCUT2D eigenvalue weighted by Gasteiger charge is -2.24. The summed E-state index contributed by atoms with van der Waals surface area (Å²) in [5, 5.41) is 13.4. The Hall–Kier alpha value is -3.69. The van der Waals surface area contributed by atoms with Crippen LogP contribution >= 0.6 is 0 Å². The largest absolute Gasteiger partial charge is 0.481 e. The van der Waals surface area contributed by atoms with Crippen molar-refractivity contribution in [2.75, 3.05) is 11.4 Å². The number of halogens is 3. The second-order valence-electron chi connectivity index (χ2n) is 8.78. The van der Waals surface area contributed by atoms with Gasteiger partial charge in [-0.1, -0.05) is 32.9 Å². The van der Waals surface area contributed by atoms with Crippen LogP contribution in [0.3, 0.4) is 0 Å². The SMILES string of the molecule is CC(C)(C)c1ccc(-n2nc(-c3ccncc3)cc2N(CCCC(=O)O)C(=O)C(F)(F)F)cc1. The molecule has 7 nitrogen and oxygen atoms in total. The normalized spacial score (nSPS) is 11.9. The van der Waals surface area contributed by atoms with Crippen LogP contribution in [0.2, 0.25) is 0 Å². The summed E-state index contributed by atoms with van der Waals surface area (Å²) in [4.78, 5) is 27.8. The molecule has 0 atom stereocenters. The Balaban J connectivity index is 2.14. The molecule has 0 fully saturated rings. The lowest BCUT2D eigenvalue weighted by atomic mass is 9.87. The number of hydrogen-bond donors (Lipinski definition) is 1. The number of anilines is 1. The molecule has 0 bridgehead atoms. The molecule has 0 unspecified atom stereocenters. The second-order valence-corrected chi connectivity index (χ2v) is 8.78. The van der Waals surface area contributed by atoms with Gasteiger partial charge in [0.25, 0.3) is 0 Å². The smallest absolute Gasteiger partial charge is 0.471 e. The molecule has 0 radical (unpaired) electrons. The molecule has 0 spiro atoms. The fraction of sp³-hybridized carbons (Fsp3) is 0.333. The van der Waals surface area contributed by atoms with E-state index in [4.69, 9.17) is 5.11 Å². The molecule has 3 aromatic rings. The minimum absolute atomic E-state index is 0.108. The number of nitrogens with zero attached hydrogens (tertiary/aromatic N) is 4. The van der Waals surface area contributed by atoms with Crippen LogP contribution in [0.4, 0.5) is 19.0 Å². The van der Waals surface area contributed by atoms with Gasteiger partial charge in [0, 0.05) is 37.0 Å². The molecular weight excluding hydrogens is 449 g/mol. The van der Waals surface area contributed by atoms with Crippen LogP contribution in [0, 0.1) is 0 Å². The van der Waals surface area contributed by atoms with E-state index >= 15 is 0 Å². The van der Waals surface area contributed by atoms with Crippen molar-refractivity contribution in [3.63, 3.8) is 0 Å². The maximum atomic E-state index is 13.5. The van der Waals surface area contributed by atoms with Crippen LogP contribution in [0.25, 0.3) is 16.9 Å². The lowest BCUT2D eigenvalue weighted by molar-refractivity contribution is -0.170. The van der Waals surface area contributed by atoms with Gasteiger partial charge >= 0.3 is 18.1 Å². The predicted octanol–water partition coefficient (Wildman–Crippen LogP) is 4.99. The Morgan fingerprint density at radius 2 is 1.65 bits per heavy atom. The van der Waals surface area contributed by atoms with Gasteiger partial charge in [-0.25, -0.2) is 4.68 Å². The first-order chi connectivity index (χ1) is 15.9. The van der Waals surface area contributed by atoms with E-state index in [9.17, 15) is 22.8 Å². The van der Waals surface area contributed by atoms with Crippen molar-refractivity contribution in [1.29, 1.82) is 0 Å². The number of carboxylic acids is 1. The summed E-state index contributed by atoms with van der Waals surface area (Å²) in [6.07, 6.45) is -2.64. The number of alkyl halides is 3. The summed E-state index contributed by atoms with van der Waals surface area (Å²) in [5.41, 5.74) is 2.29. The fourth-order valence-electron chi connectivity index (χ4n) is 3.38. The maximum absolute atomic E-state index is 13.5. The number of aliphatic carboxylic acids is 1. The van der Waals surface area contributed by atoms with Gasteiger partial charge in [-0.15, -0.1) is 0 Å². The average molecular weight is 474 g/mol. The first-order valence-electron chi connectivity index (χ1n) is 10.6. The van der Waals surface area contributed by atoms with Crippen molar-refractivity contribution in [2.24, 2.45) is 0 Å². The number of carboxylic acid groups (broad SMARTS) is 1. The molecule has 0 aliphatic heterocycles. The topological polar surface area (TPSA) is 88.3 Å². The fourth-order valence-corrected chi connectivity index (χ4v) is 3.38. The molecule has 3 rings (SSSR count). The highest BCUT2D eigenvalue weighted by Crippen LogP contribution is 2.31.